The number of hydrogen-bond donors (Lipinski definition) is 1. The maximum absolute atomic E-state index is 5.61. The summed E-state index contributed by atoms with van der Waals surface area (Å²) >= 11 is 0. The first-order valence-corrected chi connectivity index (χ1v) is 9.14. The van der Waals surface area contributed by atoms with Gasteiger partial charge in [-0.05, 0) is 37.6 Å². The molecule has 0 heterocycles. The Bertz CT molecular complexity index is 399. The molecule has 25 heavy (non-hydrogen) atoms. The number of nitrogens with one attached hydrogen (secondary N) is 1. The molecule has 1 rings (SSSR count). The lowest BCUT2D eigenvalue weighted by Gasteiger charge is -2.09. The second-order valence-electron chi connectivity index (χ2n) is 5.35. The van der Waals surface area contributed by atoms with Gasteiger partial charge in [-0.15, -0.1) is 0 Å². The number of rotatable bonds is 17. The summed E-state index contributed by atoms with van der Waals surface area (Å²) < 4.78 is 27.2. The van der Waals surface area contributed by atoms with Crippen LogP contribution in [0.15, 0.2) is 24.3 Å². The van der Waals surface area contributed by atoms with E-state index in [0.29, 0.717) is 52.9 Å². The Morgan fingerprint density at radius 2 is 1.12 bits per heavy atom. The lowest BCUT2D eigenvalue weighted by Crippen LogP contribution is -2.13. The van der Waals surface area contributed by atoms with Gasteiger partial charge in [0.25, 0.3) is 0 Å². The molecule has 0 saturated heterocycles. The van der Waals surface area contributed by atoms with Crippen LogP contribution < -0.4 is 10.1 Å². The SMILES string of the molecule is CCCOCCOCCOCCOCCOc1ccc(NCC)cc1. The van der Waals surface area contributed by atoms with Gasteiger partial charge in [-0.2, -0.15) is 0 Å². The van der Waals surface area contributed by atoms with Crippen molar-refractivity contribution in [2.75, 3.05) is 71.3 Å². The smallest absolute Gasteiger partial charge is 0.119 e. The van der Waals surface area contributed by atoms with Gasteiger partial charge in [0.1, 0.15) is 12.4 Å². The molecule has 144 valence electrons. The molecule has 0 aliphatic rings. The minimum absolute atomic E-state index is 0.529. The summed E-state index contributed by atoms with van der Waals surface area (Å²) in [6.07, 6.45) is 1.04. The Hall–Kier alpha value is -1.34. The maximum atomic E-state index is 5.61. The van der Waals surface area contributed by atoms with E-state index in [4.69, 9.17) is 23.7 Å². The van der Waals surface area contributed by atoms with Gasteiger partial charge in [0.05, 0.1) is 46.2 Å². The second-order valence-corrected chi connectivity index (χ2v) is 5.35. The molecule has 1 aromatic rings. The number of ether oxygens (including phenoxy) is 5. The van der Waals surface area contributed by atoms with Gasteiger partial charge < -0.3 is 29.0 Å². The molecule has 0 amide bonds. The fraction of sp³-hybridized carbons (Fsp3) is 0.684. The van der Waals surface area contributed by atoms with Gasteiger partial charge >= 0.3 is 0 Å². The second kappa shape index (κ2) is 16.1. The van der Waals surface area contributed by atoms with Crippen molar-refractivity contribution < 1.29 is 23.7 Å². The topological polar surface area (TPSA) is 58.2 Å². The lowest BCUT2D eigenvalue weighted by molar-refractivity contribution is -0.00450. The highest BCUT2D eigenvalue weighted by molar-refractivity contribution is 5.46. The zero-order chi connectivity index (χ0) is 18.0. The van der Waals surface area contributed by atoms with Crippen LogP contribution in [0.2, 0.25) is 0 Å². The van der Waals surface area contributed by atoms with Crippen molar-refractivity contribution in [2.24, 2.45) is 0 Å². The molecule has 0 radical (unpaired) electrons. The highest BCUT2D eigenvalue weighted by atomic mass is 16.6. The first kappa shape index (κ1) is 21.7. The number of anilines is 1. The molecule has 0 aliphatic carbocycles. The predicted molar refractivity (Wildman–Crippen MR) is 99.7 cm³/mol. The zero-order valence-electron chi connectivity index (χ0n) is 15.6. The summed E-state index contributed by atoms with van der Waals surface area (Å²) in [7, 11) is 0. The van der Waals surface area contributed by atoms with Gasteiger partial charge in [-0.1, -0.05) is 6.92 Å². The summed E-state index contributed by atoms with van der Waals surface area (Å²) in [5.41, 5.74) is 1.10. The highest BCUT2D eigenvalue weighted by Gasteiger charge is 1.96. The van der Waals surface area contributed by atoms with E-state index in [1.807, 2.05) is 24.3 Å². The van der Waals surface area contributed by atoms with E-state index in [0.717, 1.165) is 31.0 Å². The molecule has 0 bridgehead atoms. The van der Waals surface area contributed by atoms with Crippen molar-refractivity contribution in [2.45, 2.75) is 20.3 Å². The van der Waals surface area contributed by atoms with Crippen molar-refractivity contribution in [3.05, 3.63) is 24.3 Å². The highest BCUT2D eigenvalue weighted by Crippen LogP contribution is 2.15. The van der Waals surface area contributed by atoms with Crippen LogP contribution in [0.5, 0.6) is 5.75 Å². The van der Waals surface area contributed by atoms with Crippen molar-refractivity contribution in [3.8, 4) is 5.75 Å². The van der Waals surface area contributed by atoms with Crippen LogP contribution >= 0.6 is 0 Å². The molecule has 6 nitrogen and oxygen atoms in total. The Morgan fingerprint density at radius 1 is 0.640 bits per heavy atom. The molecule has 0 atom stereocenters. The molecule has 0 unspecified atom stereocenters. The first-order chi connectivity index (χ1) is 12.4. The van der Waals surface area contributed by atoms with Crippen molar-refractivity contribution >= 4 is 5.69 Å². The quantitative estimate of drug-likeness (QED) is 0.434. The first-order valence-electron chi connectivity index (χ1n) is 9.14. The molecule has 0 aromatic heterocycles. The van der Waals surface area contributed by atoms with Crippen LogP contribution in [0.4, 0.5) is 5.69 Å². The summed E-state index contributed by atoms with van der Waals surface area (Å²) in [4.78, 5) is 0. The van der Waals surface area contributed by atoms with Crippen molar-refractivity contribution in [3.63, 3.8) is 0 Å². The Morgan fingerprint density at radius 3 is 1.60 bits per heavy atom. The average Bonchev–Trinajstić information content (AvgIpc) is 2.63. The Balaban J connectivity index is 1.83. The molecule has 0 spiro atoms. The fourth-order valence-electron chi connectivity index (χ4n) is 2.00. The Kier molecular flexibility index (Phi) is 14.0. The van der Waals surface area contributed by atoms with Crippen LogP contribution in [-0.2, 0) is 18.9 Å². The third-order valence-corrected chi connectivity index (χ3v) is 3.20. The normalized spacial score (nSPS) is 10.8. The van der Waals surface area contributed by atoms with Gasteiger partial charge in [0.2, 0.25) is 0 Å². The van der Waals surface area contributed by atoms with E-state index in [1.54, 1.807) is 0 Å². The van der Waals surface area contributed by atoms with E-state index < -0.39 is 0 Å². The van der Waals surface area contributed by atoms with E-state index in [2.05, 4.69) is 19.2 Å². The van der Waals surface area contributed by atoms with E-state index in [-0.39, 0.29) is 0 Å². The summed E-state index contributed by atoms with van der Waals surface area (Å²) in [6.45, 7) is 10.5. The molecule has 0 saturated carbocycles. The van der Waals surface area contributed by atoms with Gasteiger partial charge in [0.15, 0.2) is 0 Å². The van der Waals surface area contributed by atoms with Crippen LogP contribution in [0.1, 0.15) is 20.3 Å². The zero-order valence-corrected chi connectivity index (χ0v) is 15.6. The van der Waals surface area contributed by atoms with Crippen molar-refractivity contribution in [1.29, 1.82) is 0 Å². The summed E-state index contributed by atoms with van der Waals surface area (Å²) in [5.74, 6) is 0.849. The van der Waals surface area contributed by atoms with Crippen LogP contribution in [-0.4, -0.2) is 66.0 Å². The van der Waals surface area contributed by atoms with Crippen LogP contribution in [0.25, 0.3) is 0 Å². The Labute approximate surface area is 151 Å². The summed E-state index contributed by atoms with van der Waals surface area (Å²) in [6, 6.07) is 7.92. The lowest BCUT2D eigenvalue weighted by atomic mass is 10.3. The van der Waals surface area contributed by atoms with Gasteiger partial charge in [-0.25, -0.2) is 0 Å². The molecule has 0 aliphatic heterocycles. The molecule has 6 heteroatoms. The van der Waals surface area contributed by atoms with Crippen LogP contribution in [0.3, 0.4) is 0 Å². The largest absolute Gasteiger partial charge is 0.491 e. The maximum Gasteiger partial charge on any atom is 0.119 e. The number of hydrogen-bond acceptors (Lipinski definition) is 6. The van der Waals surface area contributed by atoms with E-state index in [1.165, 1.54) is 0 Å². The molecular formula is C19H33NO5. The molecule has 1 aromatic carbocycles. The van der Waals surface area contributed by atoms with Gasteiger partial charge in [-0.3, -0.25) is 0 Å². The predicted octanol–water partition coefficient (Wildman–Crippen LogP) is 2.97. The van der Waals surface area contributed by atoms with Gasteiger partial charge in [0, 0.05) is 18.8 Å². The molecule has 1 N–H and O–H groups in total. The third-order valence-electron chi connectivity index (χ3n) is 3.20. The number of benzene rings is 1. The minimum Gasteiger partial charge on any atom is -0.491 e. The van der Waals surface area contributed by atoms with Crippen molar-refractivity contribution in [1.82, 2.24) is 0 Å². The van der Waals surface area contributed by atoms with E-state index in [9.17, 15) is 0 Å². The molecule has 0 fully saturated rings. The third kappa shape index (κ3) is 12.6. The van der Waals surface area contributed by atoms with E-state index >= 15 is 0 Å². The fourth-order valence-corrected chi connectivity index (χ4v) is 2.00. The monoisotopic (exact) mass is 355 g/mol. The average molecular weight is 355 g/mol. The molecular weight excluding hydrogens is 322 g/mol. The summed E-state index contributed by atoms with van der Waals surface area (Å²) in [5, 5.41) is 3.25. The minimum atomic E-state index is 0.529. The standard InChI is InChI=1S/C19H33NO5/c1-3-9-21-10-11-22-12-13-23-14-15-24-16-17-25-19-7-5-18(6-8-19)20-4-2/h5-8,20H,3-4,9-17H2,1-2H3. The van der Waals surface area contributed by atoms with Crippen LogP contribution in [0, 0.1) is 0 Å².